The molecule has 0 N–H and O–H groups in total. The minimum Gasteiger partial charge on any atom is -0.244 e. The van der Waals surface area contributed by atoms with E-state index in [1.54, 1.807) is 22.9 Å². The summed E-state index contributed by atoms with van der Waals surface area (Å²) in [5, 5.41) is 0. The van der Waals surface area contributed by atoms with Gasteiger partial charge in [0.25, 0.3) is 10.0 Å². The smallest absolute Gasteiger partial charge is 0.244 e. The zero-order chi connectivity index (χ0) is 15.3. The maximum atomic E-state index is 13.1. The third-order valence-electron chi connectivity index (χ3n) is 4.57. The zero-order valence-electron chi connectivity index (χ0n) is 12.3. The molecule has 2 aromatic heterocycles. The summed E-state index contributed by atoms with van der Waals surface area (Å²) in [5.74, 6) is 0. The molecule has 2 bridgehead atoms. The van der Waals surface area contributed by atoms with Gasteiger partial charge in [0, 0.05) is 29.1 Å². The molecule has 0 radical (unpaired) electrons. The van der Waals surface area contributed by atoms with Gasteiger partial charge in [-0.05, 0) is 31.4 Å². The summed E-state index contributed by atoms with van der Waals surface area (Å²) in [4.78, 5) is 9.53. The molecule has 116 valence electrons. The fourth-order valence-electron chi connectivity index (χ4n) is 3.54. The highest BCUT2D eigenvalue weighted by molar-refractivity contribution is 7.91. The fourth-order valence-corrected chi connectivity index (χ4v) is 6.79. The van der Waals surface area contributed by atoms with E-state index < -0.39 is 10.0 Å². The van der Waals surface area contributed by atoms with Crippen molar-refractivity contribution in [2.24, 2.45) is 0 Å². The van der Waals surface area contributed by atoms with E-state index in [0.717, 1.165) is 35.4 Å². The molecule has 1 saturated heterocycles. The number of rotatable bonds is 3. The van der Waals surface area contributed by atoms with Crippen molar-refractivity contribution in [2.75, 3.05) is 0 Å². The van der Waals surface area contributed by atoms with Crippen LogP contribution in [-0.4, -0.2) is 28.7 Å². The SMILES string of the molecule is CCc1ccc(S(=O)(=O)N2C3CCC2c2cncnc2C3)s1. The second-order valence-electron chi connectivity index (χ2n) is 5.79. The van der Waals surface area contributed by atoms with Crippen LogP contribution in [0.5, 0.6) is 0 Å². The monoisotopic (exact) mass is 335 g/mol. The van der Waals surface area contributed by atoms with E-state index in [4.69, 9.17) is 0 Å². The van der Waals surface area contributed by atoms with Gasteiger partial charge >= 0.3 is 0 Å². The summed E-state index contributed by atoms with van der Waals surface area (Å²) in [6, 6.07) is 3.59. The number of aromatic nitrogens is 2. The predicted molar refractivity (Wildman–Crippen MR) is 84.2 cm³/mol. The van der Waals surface area contributed by atoms with Crippen molar-refractivity contribution < 1.29 is 8.42 Å². The van der Waals surface area contributed by atoms with Crippen molar-refractivity contribution in [2.45, 2.75) is 48.9 Å². The third kappa shape index (κ3) is 2.03. The van der Waals surface area contributed by atoms with Gasteiger partial charge in [0.15, 0.2) is 0 Å². The van der Waals surface area contributed by atoms with Crippen LogP contribution >= 0.6 is 11.3 Å². The number of sulfonamides is 1. The van der Waals surface area contributed by atoms with Crippen LogP contribution in [0.15, 0.2) is 28.9 Å². The first-order valence-electron chi connectivity index (χ1n) is 7.52. The molecule has 2 atom stereocenters. The van der Waals surface area contributed by atoms with Crippen LogP contribution in [0, 0.1) is 0 Å². The molecule has 1 fully saturated rings. The number of thiophene rings is 1. The second kappa shape index (κ2) is 5.11. The highest BCUT2D eigenvalue weighted by Crippen LogP contribution is 2.46. The van der Waals surface area contributed by atoms with Crippen LogP contribution in [0.3, 0.4) is 0 Å². The first-order chi connectivity index (χ1) is 10.6. The van der Waals surface area contributed by atoms with Gasteiger partial charge in [0.05, 0.1) is 11.7 Å². The van der Waals surface area contributed by atoms with E-state index in [2.05, 4.69) is 9.97 Å². The Morgan fingerprint density at radius 3 is 3.00 bits per heavy atom. The number of fused-ring (bicyclic) bond motifs is 4. The Morgan fingerprint density at radius 2 is 2.23 bits per heavy atom. The molecule has 0 aliphatic carbocycles. The fraction of sp³-hybridized carbons (Fsp3) is 0.467. The van der Waals surface area contributed by atoms with Gasteiger partial charge in [-0.25, -0.2) is 18.4 Å². The number of hydrogen-bond donors (Lipinski definition) is 0. The largest absolute Gasteiger partial charge is 0.253 e. The van der Waals surface area contributed by atoms with Crippen molar-refractivity contribution >= 4 is 21.4 Å². The molecule has 4 heterocycles. The van der Waals surface area contributed by atoms with Crippen LogP contribution in [0.25, 0.3) is 0 Å². The molecule has 2 aliphatic rings. The quantitative estimate of drug-likeness (QED) is 0.865. The van der Waals surface area contributed by atoms with Crippen LogP contribution in [0.2, 0.25) is 0 Å². The van der Waals surface area contributed by atoms with Crippen LogP contribution in [0.4, 0.5) is 0 Å². The van der Waals surface area contributed by atoms with Gasteiger partial charge in [-0.1, -0.05) is 6.92 Å². The molecule has 4 rings (SSSR count). The van der Waals surface area contributed by atoms with Crippen molar-refractivity contribution in [1.82, 2.24) is 14.3 Å². The Morgan fingerprint density at radius 1 is 1.36 bits per heavy atom. The predicted octanol–water partition coefficient (Wildman–Crippen LogP) is 2.55. The molecule has 2 aliphatic heterocycles. The average Bonchev–Trinajstić information content (AvgIpc) is 3.12. The molecule has 5 nitrogen and oxygen atoms in total. The van der Waals surface area contributed by atoms with Gasteiger partial charge in [-0.15, -0.1) is 11.3 Å². The van der Waals surface area contributed by atoms with E-state index in [1.807, 2.05) is 13.0 Å². The highest BCUT2D eigenvalue weighted by Gasteiger charge is 2.47. The van der Waals surface area contributed by atoms with Crippen molar-refractivity contribution in [3.05, 3.63) is 40.8 Å². The molecule has 7 heteroatoms. The molecular formula is C15H17N3O2S2. The molecule has 0 aromatic carbocycles. The molecule has 0 saturated carbocycles. The van der Waals surface area contributed by atoms with E-state index in [0.29, 0.717) is 10.6 Å². The summed E-state index contributed by atoms with van der Waals surface area (Å²) in [6.07, 6.45) is 6.64. The van der Waals surface area contributed by atoms with Crippen LogP contribution in [-0.2, 0) is 22.9 Å². The number of nitrogens with zero attached hydrogens (tertiary/aromatic N) is 3. The lowest BCUT2D eigenvalue weighted by molar-refractivity contribution is 0.301. The van der Waals surface area contributed by atoms with Crippen LogP contribution < -0.4 is 0 Å². The number of hydrogen-bond acceptors (Lipinski definition) is 5. The molecule has 2 aromatic rings. The molecular weight excluding hydrogens is 318 g/mol. The lowest BCUT2D eigenvalue weighted by Gasteiger charge is -2.33. The first-order valence-corrected chi connectivity index (χ1v) is 9.78. The first kappa shape index (κ1) is 14.3. The zero-order valence-corrected chi connectivity index (χ0v) is 13.9. The third-order valence-corrected chi connectivity index (χ3v) is 8.23. The van der Waals surface area contributed by atoms with E-state index >= 15 is 0 Å². The van der Waals surface area contributed by atoms with E-state index in [9.17, 15) is 8.42 Å². The van der Waals surface area contributed by atoms with Gasteiger partial charge in [-0.2, -0.15) is 4.31 Å². The highest BCUT2D eigenvalue weighted by atomic mass is 32.2. The Bertz CT molecular complexity index is 816. The lowest BCUT2D eigenvalue weighted by Crippen LogP contribution is -2.41. The maximum absolute atomic E-state index is 13.1. The summed E-state index contributed by atoms with van der Waals surface area (Å²) < 4.78 is 28.3. The van der Waals surface area contributed by atoms with Crippen molar-refractivity contribution in [3.8, 4) is 0 Å². The van der Waals surface area contributed by atoms with Gasteiger partial charge in [-0.3, -0.25) is 0 Å². The Kier molecular flexibility index (Phi) is 3.32. The van der Waals surface area contributed by atoms with Crippen molar-refractivity contribution in [1.29, 1.82) is 0 Å². The Hall–Kier alpha value is -1.31. The standard InChI is InChI=1S/C15H17N3O2S2/c1-2-11-4-6-15(21-11)22(19,20)18-10-3-5-14(18)12-8-16-9-17-13(12)7-10/h4,6,8-10,14H,2-3,5,7H2,1H3. The Balaban J connectivity index is 1.77. The molecule has 0 amide bonds. The summed E-state index contributed by atoms with van der Waals surface area (Å²) >= 11 is 1.39. The summed E-state index contributed by atoms with van der Waals surface area (Å²) in [5.41, 5.74) is 1.99. The lowest BCUT2D eigenvalue weighted by atomic mass is 10.0. The molecule has 22 heavy (non-hydrogen) atoms. The van der Waals surface area contributed by atoms with Gasteiger partial charge in [0.1, 0.15) is 10.5 Å². The second-order valence-corrected chi connectivity index (χ2v) is 9.02. The maximum Gasteiger partial charge on any atom is 0.253 e. The summed E-state index contributed by atoms with van der Waals surface area (Å²) in [7, 11) is -3.43. The van der Waals surface area contributed by atoms with E-state index in [-0.39, 0.29) is 12.1 Å². The normalized spacial score (nSPS) is 24.4. The van der Waals surface area contributed by atoms with E-state index in [1.165, 1.54) is 11.3 Å². The minimum absolute atomic E-state index is 0.0320. The average molecular weight is 335 g/mol. The molecule has 2 unspecified atom stereocenters. The van der Waals surface area contributed by atoms with Gasteiger partial charge < -0.3 is 0 Å². The molecule has 0 spiro atoms. The topological polar surface area (TPSA) is 63.2 Å². The van der Waals surface area contributed by atoms with Crippen molar-refractivity contribution in [3.63, 3.8) is 0 Å². The Labute approximate surface area is 134 Å². The summed E-state index contributed by atoms with van der Waals surface area (Å²) in [6.45, 7) is 2.04. The number of aryl methyl sites for hydroxylation is 1. The van der Waals surface area contributed by atoms with Crippen LogP contribution in [0.1, 0.15) is 41.9 Å². The minimum atomic E-state index is -3.43. The van der Waals surface area contributed by atoms with Gasteiger partial charge in [0.2, 0.25) is 0 Å².